The van der Waals surface area contributed by atoms with E-state index in [1.54, 1.807) is 6.26 Å². The van der Waals surface area contributed by atoms with Crippen LogP contribution in [-0.4, -0.2) is 22.4 Å². The molecule has 0 unspecified atom stereocenters. The first kappa shape index (κ1) is 6.49. The third-order valence-electron chi connectivity index (χ3n) is 0.398. The number of hydrogen-bond acceptors (Lipinski definition) is 3. The Morgan fingerprint density at radius 2 is 2.29 bits per heavy atom. The molecular weight excluding hydrogens is 114 g/mol. The van der Waals surface area contributed by atoms with Crippen LogP contribution in [0.5, 0.6) is 0 Å². The number of carboxylic acids is 1. The van der Waals surface area contributed by atoms with Crippen LogP contribution >= 0.6 is 11.8 Å². The Bertz CT molecular complexity index is 101. The summed E-state index contributed by atoms with van der Waals surface area (Å²) in [6.07, 6.45) is 1.55. The predicted octanol–water partition coefficient (Wildman–Crippen LogP) is 0.411. The van der Waals surface area contributed by atoms with Crippen molar-refractivity contribution >= 4 is 22.8 Å². The van der Waals surface area contributed by atoms with E-state index in [9.17, 15) is 4.79 Å². The minimum Gasteiger partial charge on any atom is -0.476 e. The summed E-state index contributed by atoms with van der Waals surface area (Å²) in [4.78, 5) is 9.68. The summed E-state index contributed by atoms with van der Waals surface area (Å²) in [5, 5.41) is 14.2. The topological polar surface area (TPSA) is 61.2 Å². The van der Waals surface area contributed by atoms with E-state index >= 15 is 0 Å². The smallest absolute Gasteiger partial charge is 0.360 e. The molecule has 0 aliphatic heterocycles. The quantitative estimate of drug-likeness (QED) is 0.358. The van der Waals surface area contributed by atoms with Crippen LogP contribution in [-0.2, 0) is 4.79 Å². The second kappa shape index (κ2) is 2.63. The molecule has 0 amide bonds. The zero-order valence-corrected chi connectivity index (χ0v) is 4.58. The molecule has 0 aromatic rings. The summed E-state index contributed by atoms with van der Waals surface area (Å²) >= 11 is 0.917. The van der Waals surface area contributed by atoms with Gasteiger partial charge in [0, 0.05) is 0 Å². The Balaban J connectivity index is 3.58. The highest BCUT2D eigenvalue weighted by Gasteiger charge is 2.00. The number of hydrogen-bond donors (Lipinski definition) is 2. The molecule has 7 heavy (non-hydrogen) atoms. The minimum absolute atomic E-state index is 0.319. The van der Waals surface area contributed by atoms with Crippen molar-refractivity contribution in [2.24, 2.45) is 0 Å². The van der Waals surface area contributed by atoms with Crippen LogP contribution < -0.4 is 0 Å². The van der Waals surface area contributed by atoms with E-state index in [2.05, 4.69) is 0 Å². The van der Waals surface area contributed by atoms with Gasteiger partial charge in [-0.05, 0) is 6.26 Å². The van der Waals surface area contributed by atoms with Crippen LogP contribution in [0.25, 0.3) is 0 Å². The third-order valence-corrected chi connectivity index (χ3v) is 0.981. The normalized spacial score (nSPS) is 8.14. The molecule has 0 aliphatic rings. The molecule has 0 aromatic carbocycles. The van der Waals surface area contributed by atoms with Crippen molar-refractivity contribution in [3.8, 4) is 0 Å². The lowest BCUT2D eigenvalue weighted by Gasteiger charge is -1.84. The minimum atomic E-state index is -1.16. The van der Waals surface area contributed by atoms with Crippen molar-refractivity contribution in [3.05, 3.63) is 0 Å². The SMILES string of the molecule is CSC(=N)C(=O)O. The van der Waals surface area contributed by atoms with Gasteiger partial charge in [0.1, 0.15) is 0 Å². The fourth-order valence-corrected chi connectivity index (χ4v) is 0.262. The standard InChI is InChI=1S/C3H5NO2S/c1-7-2(4)3(5)6/h4H,1H3,(H,5,6). The largest absolute Gasteiger partial charge is 0.476 e. The van der Waals surface area contributed by atoms with Gasteiger partial charge < -0.3 is 5.11 Å². The Morgan fingerprint density at radius 1 is 1.86 bits per heavy atom. The van der Waals surface area contributed by atoms with Crippen molar-refractivity contribution in [3.63, 3.8) is 0 Å². The zero-order chi connectivity index (χ0) is 5.86. The Morgan fingerprint density at radius 3 is 2.29 bits per heavy atom. The van der Waals surface area contributed by atoms with E-state index in [1.165, 1.54) is 0 Å². The summed E-state index contributed by atoms with van der Waals surface area (Å²) in [5.74, 6) is -1.16. The summed E-state index contributed by atoms with van der Waals surface area (Å²) in [7, 11) is 0. The molecule has 40 valence electrons. The van der Waals surface area contributed by atoms with Crippen molar-refractivity contribution in [2.45, 2.75) is 0 Å². The number of carboxylic acid groups (broad SMARTS) is 1. The molecule has 0 atom stereocenters. The highest BCUT2D eigenvalue weighted by molar-refractivity contribution is 8.14. The monoisotopic (exact) mass is 119 g/mol. The van der Waals surface area contributed by atoms with E-state index in [-0.39, 0.29) is 5.04 Å². The Labute approximate surface area is 45.2 Å². The van der Waals surface area contributed by atoms with Crippen LogP contribution in [0.2, 0.25) is 0 Å². The first-order chi connectivity index (χ1) is 3.18. The highest BCUT2D eigenvalue weighted by atomic mass is 32.2. The van der Waals surface area contributed by atoms with E-state index in [0.29, 0.717) is 0 Å². The lowest BCUT2D eigenvalue weighted by molar-refractivity contribution is -0.129. The Hall–Kier alpha value is -0.510. The van der Waals surface area contributed by atoms with Gasteiger partial charge in [0.15, 0.2) is 5.04 Å². The maximum Gasteiger partial charge on any atom is 0.360 e. The summed E-state index contributed by atoms with van der Waals surface area (Å²) < 4.78 is 0. The molecule has 0 bridgehead atoms. The molecule has 0 radical (unpaired) electrons. The molecule has 4 heteroatoms. The molecule has 0 rings (SSSR count). The zero-order valence-electron chi connectivity index (χ0n) is 3.76. The molecule has 2 N–H and O–H groups in total. The molecular formula is C3H5NO2S. The number of rotatable bonds is 0. The number of nitrogens with one attached hydrogen (secondary N) is 1. The van der Waals surface area contributed by atoms with Gasteiger partial charge in [-0.3, -0.25) is 5.41 Å². The fourth-order valence-electron chi connectivity index (χ4n) is 0.0873. The molecule has 0 spiro atoms. The van der Waals surface area contributed by atoms with Gasteiger partial charge >= 0.3 is 5.97 Å². The Kier molecular flexibility index (Phi) is 2.44. The van der Waals surface area contributed by atoms with Gasteiger partial charge in [-0.1, -0.05) is 0 Å². The molecule has 0 saturated heterocycles. The van der Waals surface area contributed by atoms with Gasteiger partial charge in [0.2, 0.25) is 0 Å². The lowest BCUT2D eigenvalue weighted by Crippen LogP contribution is -2.05. The van der Waals surface area contributed by atoms with Crippen LogP contribution in [0.3, 0.4) is 0 Å². The number of aliphatic carboxylic acids is 1. The lowest BCUT2D eigenvalue weighted by atomic mass is 10.8. The van der Waals surface area contributed by atoms with Gasteiger partial charge in [0.25, 0.3) is 0 Å². The van der Waals surface area contributed by atoms with Crippen LogP contribution in [0.1, 0.15) is 0 Å². The van der Waals surface area contributed by atoms with E-state index in [4.69, 9.17) is 10.5 Å². The van der Waals surface area contributed by atoms with E-state index < -0.39 is 5.97 Å². The van der Waals surface area contributed by atoms with Crippen molar-refractivity contribution < 1.29 is 9.90 Å². The molecule has 0 aliphatic carbocycles. The summed E-state index contributed by atoms with van der Waals surface area (Å²) in [6, 6.07) is 0. The summed E-state index contributed by atoms with van der Waals surface area (Å²) in [6.45, 7) is 0. The first-order valence-corrected chi connectivity index (χ1v) is 2.76. The predicted molar refractivity (Wildman–Crippen MR) is 28.9 cm³/mol. The average Bonchev–Trinajstić information content (AvgIpc) is 1.65. The van der Waals surface area contributed by atoms with Gasteiger partial charge in [-0.2, -0.15) is 0 Å². The van der Waals surface area contributed by atoms with Crippen molar-refractivity contribution in [1.82, 2.24) is 0 Å². The average molecular weight is 119 g/mol. The van der Waals surface area contributed by atoms with Gasteiger partial charge in [-0.25, -0.2) is 4.79 Å². The van der Waals surface area contributed by atoms with Crippen LogP contribution in [0.4, 0.5) is 0 Å². The van der Waals surface area contributed by atoms with Crippen LogP contribution in [0.15, 0.2) is 0 Å². The highest BCUT2D eigenvalue weighted by Crippen LogP contribution is 1.92. The first-order valence-electron chi connectivity index (χ1n) is 1.54. The van der Waals surface area contributed by atoms with E-state index in [1.807, 2.05) is 0 Å². The van der Waals surface area contributed by atoms with E-state index in [0.717, 1.165) is 11.8 Å². The molecule has 0 aromatic heterocycles. The third kappa shape index (κ3) is 2.22. The maximum atomic E-state index is 9.68. The second-order valence-electron chi connectivity index (χ2n) is 0.838. The van der Waals surface area contributed by atoms with Crippen molar-refractivity contribution in [2.75, 3.05) is 6.26 Å². The molecule has 0 heterocycles. The molecule has 0 fully saturated rings. The van der Waals surface area contributed by atoms with Gasteiger partial charge in [-0.15, -0.1) is 11.8 Å². The molecule has 0 saturated carbocycles. The number of carbonyl (C=O) groups is 1. The second-order valence-corrected chi connectivity index (χ2v) is 1.65. The van der Waals surface area contributed by atoms with Crippen LogP contribution in [0, 0.1) is 5.41 Å². The van der Waals surface area contributed by atoms with Crippen molar-refractivity contribution in [1.29, 1.82) is 5.41 Å². The number of thioether (sulfide) groups is 1. The fraction of sp³-hybridized carbons (Fsp3) is 0.333. The van der Waals surface area contributed by atoms with Gasteiger partial charge in [0.05, 0.1) is 0 Å². The molecule has 3 nitrogen and oxygen atoms in total. The maximum absolute atomic E-state index is 9.68. The summed E-state index contributed by atoms with van der Waals surface area (Å²) in [5.41, 5.74) is 0.